The first-order valence-electron chi connectivity index (χ1n) is 7.78. The Kier molecular flexibility index (Phi) is 7.83. The zero-order chi connectivity index (χ0) is 20.5. The summed E-state index contributed by atoms with van der Waals surface area (Å²) in [5, 5.41) is 19.4. The lowest BCUT2D eigenvalue weighted by Crippen LogP contribution is -2.30. The summed E-state index contributed by atoms with van der Waals surface area (Å²) in [7, 11) is 0. The number of primary amides is 1. The predicted molar refractivity (Wildman–Crippen MR) is 94.4 cm³/mol. The van der Waals surface area contributed by atoms with Crippen LogP contribution < -0.4 is 16.5 Å². The summed E-state index contributed by atoms with van der Waals surface area (Å²) in [6.45, 7) is 0.207. The fourth-order valence-corrected chi connectivity index (χ4v) is 2.72. The molecule has 10 nitrogen and oxygen atoms in total. The molecule has 2 rings (SSSR count). The van der Waals surface area contributed by atoms with Gasteiger partial charge in [0, 0.05) is 17.9 Å². The number of nitrogens with one attached hydrogen (secondary N) is 2. The van der Waals surface area contributed by atoms with Gasteiger partial charge in [-0.05, 0) is 22.4 Å². The Morgan fingerprint density at radius 3 is 2.82 bits per heavy atom. The molecule has 0 bridgehead atoms. The standard InChI is InChI=1S/C15H16F2N6O4S/c16-13(17)8-2-1-3-9(6-8)20-14(21-26)12-15(23-27-22-12)28-5-4-19-11(25)7-10(18)24/h1-3,6,13,26H,4-5,7H2,(H2,18,24)(H,19,25)(H,20,21). The maximum atomic E-state index is 12.8. The molecule has 28 heavy (non-hydrogen) atoms. The first-order valence-corrected chi connectivity index (χ1v) is 8.77. The van der Waals surface area contributed by atoms with Crippen molar-refractivity contribution < 1.29 is 28.2 Å². The highest BCUT2D eigenvalue weighted by molar-refractivity contribution is 7.99. The zero-order valence-electron chi connectivity index (χ0n) is 14.3. The first kappa shape index (κ1) is 21.2. The average Bonchev–Trinajstić information content (AvgIpc) is 3.11. The number of halogens is 2. The van der Waals surface area contributed by atoms with E-state index in [9.17, 15) is 23.6 Å². The number of nitrogens with two attached hydrogens (primary N) is 1. The lowest BCUT2D eigenvalue weighted by atomic mass is 10.2. The summed E-state index contributed by atoms with van der Waals surface area (Å²) in [4.78, 5) is 26.0. The van der Waals surface area contributed by atoms with Gasteiger partial charge in [0.25, 0.3) is 6.43 Å². The molecule has 1 heterocycles. The summed E-state index contributed by atoms with van der Waals surface area (Å²) in [6, 6.07) is 5.29. The third kappa shape index (κ3) is 6.28. The molecule has 1 aromatic carbocycles. The van der Waals surface area contributed by atoms with E-state index in [1.54, 1.807) is 0 Å². The molecule has 5 N–H and O–H groups in total. The number of hydroxylamine groups is 1. The molecule has 0 aliphatic rings. The number of hydrogen-bond acceptors (Lipinski definition) is 8. The summed E-state index contributed by atoms with van der Waals surface area (Å²) in [5.41, 5.74) is 6.74. The third-order valence-corrected chi connectivity index (χ3v) is 4.10. The number of hydrogen-bond donors (Lipinski definition) is 4. The van der Waals surface area contributed by atoms with Gasteiger partial charge in [-0.25, -0.2) is 18.4 Å². The number of amidine groups is 1. The van der Waals surface area contributed by atoms with E-state index in [-0.39, 0.29) is 34.4 Å². The van der Waals surface area contributed by atoms with Gasteiger partial charge in [-0.3, -0.25) is 20.3 Å². The molecule has 0 fully saturated rings. The van der Waals surface area contributed by atoms with E-state index in [0.29, 0.717) is 5.75 Å². The smallest absolute Gasteiger partial charge is 0.263 e. The molecule has 1 aromatic heterocycles. The van der Waals surface area contributed by atoms with Crippen LogP contribution in [0.25, 0.3) is 0 Å². The fraction of sp³-hybridized carbons (Fsp3) is 0.267. The van der Waals surface area contributed by atoms with Crippen molar-refractivity contribution in [3.05, 3.63) is 35.5 Å². The normalized spacial score (nSPS) is 11.5. The van der Waals surface area contributed by atoms with Gasteiger partial charge in [0.1, 0.15) is 6.42 Å². The Labute approximate surface area is 161 Å². The van der Waals surface area contributed by atoms with Crippen molar-refractivity contribution in [2.24, 2.45) is 10.7 Å². The highest BCUT2D eigenvalue weighted by atomic mass is 32.2. The van der Waals surface area contributed by atoms with Crippen molar-refractivity contribution in [1.29, 1.82) is 0 Å². The maximum Gasteiger partial charge on any atom is 0.263 e. The summed E-state index contributed by atoms with van der Waals surface area (Å²) in [6.07, 6.45) is -3.07. The summed E-state index contributed by atoms with van der Waals surface area (Å²) < 4.78 is 30.2. The molecular formula is C15H16F2N6O4S. The molecule has 0 unspecified atom stereocenters. The average molecular weight is 414 g/mol. The largest absolute Gasteiger partial charge is 0.369 e. The topological polar surface area (TPSA) is 156 Å². The van der Waals surface area contributed by atoms with E-state index in [4.69, 9.17) is 5.73 Å². The molecule has 0 saturated heterocycles. The molecule has 0 spiro atoms. The molecule has 2 aromatic rings. The SMILES string of the molecule is NC(=O)CC(=O)NCCSc1nonc1C(=Nc1cccc(C(F)F)c1)NO. The number of carbonyl (C=O) groups excluding carboxylic acids is 2. The van der Waals surface area contributed by atoms with Crippen LogP contribution in [0.5, 0.6) is 0 Å². The number of carbonyl (C=O) groups is 2. The van der Waals surface area contributed by atoms with Crippen LogP contribution in [0, 0.1) is 0 Å². The van der Waals surface area contributed by atoms with Gasteiger partial charge >= 0.3 is 0 Å². The number of thioether (sulfide) groups is 1. The first-order chi connectivity index (χ1) is 13.4. The van der Waals surface area contributed by atoms with Crippen LogP contribution in [0.4, 0.5) is 14.5 Å². The van der Waals surface area contributed by atoms with E-state index in [1.165, 1.54) is 18.2 Å². The van der Waals surface area contributed by atoms with Crippen LogP contribution >= 0.6 is 11.8 Å². The lowest BCUT2D eigenvalue weighted by Gasteiger charge is -2.05. The van der Waals surface area contributed by atoms with Crippen molar-refractivity contribution in [3.63, 3.8) is 0 Å². The fourth-order valence-electron chi connectivity index (χ4n) is 1.97. The molecule has 0 radical (unpaired) electrons. The second-order valence-electron chi connectivity index (χ2n) is 5.23. The van der Waals surface area contributed by atoms with Crippen molar-refractivity contribution in [2.45, 2.75) is 17.9 Å². The van der Waals surface area contributed by atoms with Crippen LogP contribution in [0.2, 0.25) is 0 Å². The molecule has 0 atom stereocenters. The minimum atomic E-state index is -2.66. The maximum absolute atomic E-state index is 12.8. The number of benzene rings is 1. The second-order valence-corrected chi connectivity index (χ2v) is 6.31. The monoisotopic (exact) mass is 414 g/mol. The van der Waals surface area contributed by atoms with Gasteiger partial charge in [0.2, 0.25) is 11.8 Å². The van der Waals surface area contributed by atoms with Crippen molar-refractivity contribution in [1.82, 2.24) is 21.1 Å². The van der Waals surface area contributed by atoms with Gasteiger partial charge in [-0.15, -0.1) is 0 Å². The molecule has 0 aliphatic heterocycles. The lowest BCUT2D eigenvalue weighted by molar-refractivity contribution is -0.127. The molecule has 150 valence electrons. The predicted octanol–water partition coefficient (Wildman–Crippen LogP) is 1.15. The molecule has 0 aliphatic carbocycles. The zero-order valence-corrected chi connectivity index (χ0v) is 15.1. The summed E-state index contributed by atoms with van der Waals surface area (Å²) in [5.74, 6) is -1.07. The van der Waals surface area contributed by atoms with Crippen LogP contribution in [0.15, 0.2) is 38.9 Å². The van der Waals surface area contributed by atoms with Crippen LogP contribution in [-0.4, -0.2) is 45.5 Å². The van der Waals surface area contributed by atoms with Crippen molar-refractivity contribution >= 4 is 35.1 Å². The number of rotatable bonds is 9. The molecule has 13 heteroatoms. The van der Waals surface area contributed by atoms with Crippen molar-refractivity contribution in [2.75, 3.05) is 12.3 Å². The van der Waals surface area contributed by atoms with Crippen LogP contribution in [0.1, 0.15) is 24.1 Å². The minimum Gasteiger partial charge on any atom is -0.369 e. The second kappa shape index (κ2) is 10.3. The number of nitrogens with zero attached hydrogens (tertiary/aromatic N) is 3. The third-order valence-electron chi connectivity index (χ3n) is 3.15. The number of aromatic nitrogens is 2. The van der Waals surface area contributed by atoms with Gasteiger partial charge in [-0.2, -0.15) is 0 Å². The minimum absolute atomic E-state index is 0.0541. The Morgan fingerprint density at radius 1 is 1.36 bits per heavy atom. The van der Waals surface area contributed by atoms with E-state index in [1.807, 2.05) is 5.48 Å². The number of alkyl halides is 2. The molecular weight excluding hydrogens is 398 g/mol. The van der Waals surface area contributed by atoms with E-state index < -0.39 is 24.7 Å². The van der Waals surface area contributed by atoms with Crippen LogP contribution in [-0.2, 0) is 9.59 Å². The van der Waals surface area contributed by atoms with Crippen LogP contribution in [0.3, 0.4) is 0 Å². The highest BCUT2D eigenvalue weighted by Gasteiger charge is 2.17. The number of aliphatic imine (C=N–C) groups is 1. The van der Waals surface area contributed by atoms with Gasteiger partial charge in [0.05, 0.1) is 5.69 Å². The molecule has 2 amide bonds. The molecule has 0 saturated carbocycles. The van der Waals surface area contributed by atoms with E-state index in [0.717, 1.165) is 17.8 Å². The van der Waals surface area contributed by atoms with E-state index in [2.05, 4.69) is 25.3 Å². The van der Waals surface area contributed by atoms with Gasteiger partial charge in [0.15, 0.2) is 16.6 Å². The number of amides is 2. The quantitative estimate of drug-likeness (QED) is 0.119. The van der Waals surface area contributed by atoms with Gasteiger partial charge in [-0.1, -0.05) is 23.9 Å². The van der Waals surface area contributed by atoms with E-state index >= 15 is 0 Å². The Morgan fingerprint density at radius 2 is 2.14 bits per heavy atom. The Hall–Kier alpha value is -3.06. The van der Waals surface area contributed by atoms with Gasteiger partial charge < -0.3 is 11.1 Å². The van der Waals surface area contributed by atoms with Crippen molar-refractivity contribution in [3.8, 4) is 0 Å². The highest BCUT2D eigenvalue weighted by Crippen LogP contribution is 2.25. The summed E-state index contributed by atoms with van der Waals surface area (Å²) >= 11 is 1.13. The Balaban J connectivity index is 2.04. The Bertz CT molecular complexity index is 861.